The summed E-state index contributed by atoms with van der Waals surface area (Å²) in [5.41, 5.74) is 7.25. The van der Waals surface area contributed by atoms with Gasteiger partial charge in [-0.15, -0.1) is 0 Å². The normalized spacial score (nSPS) is 12.9. The van der Waals surface area contributed by atoms with Crippen LogP contribution in [-0.2, 0) is 40.5 Å². The van der Waals surface area contributed by atoms with E-state index >= 15 is 0 Å². The van der Waals surface area contributed by atoms with E-state index in [-0.39, 0.29) is 44.2 Å². The molecule has 0 fully saturated rings. The molecule has 65 heavy (non-hydrogen) atoms. The molecule has 322 valence electrons. The van der Waals surface area contributed by atoms with Gasteiger partial charge in [0.25, 0.3) is 30.4 Å². The van der Waals surface area contributed by atoms with Crippen LogP contribution in [-0.4, -0.2) is 71.8 Å². The van der Waals surface area contributed by atoms with Crippen LogP contribution in [0.2, 0.25) is 0 Å². The zero-order valence-electron chi connectivity index (χ0n) is 33.4. The number of fused-ring (bicyclic) bond motifs is 8. The van der Waals surface area contributed by atoms with E-state index in [2.05, 4.69) is 9.97 Å². The molecule has 0 saturated carbocycles. The first-order chi connectivity index (χ1) is 30.2. The summed E-state index contributed by atoms with van der Waals surface area (Å²) in [6, 6.07) is 28.7. The van der Waals surface area contributed by atoms with E-state index in [9.17, 15) is 51.9 Å². The van der Waals surface area contributed by atoms with Gasteiger partial charge in [0.2, 0.25) is 0 Å². The Kier molecular flexibility index (Phi) is 11.8. The van der Waals surface area contributed by atoms with Crippen LogP contribution in [0.4, 0.5) is 0 Å². The molecule has 0 amide bonds. The summed E-state index contributed by atoms with van der Waals surface area (Å²) in [4.78, 5) is 15.5. The van der Waals surface area contributed by atoms with Crippen molar-refractivity contribution in [3.05, 3.63) is 144 Å². The van der Waals surface area contributed by atoms with Crippen LogP contribution in [0.1, 0.15) is 22.8 Å². The molecule has 0 aliphatic carbocycles. The van der Waals surface area contributed by atoms with E-state index < -0.39 is 45.4 Å². The molecule has 21 heteroatoms. The van der Waals surface area contributed by atoms with E-state index in [1.165, 1.54) is 97.1 Å². The molecule has 0 atom stereocenters. The molecule has 0 radical (unpaired) electrons. The SMILES string of the molecule is O=S(=O)([O-])c1ccc(-c2c3nc(c(-c4ccc(S(=O)(=O)O)cc4)c4ccc([nH]4)c(-c4ccc(S(=O)(=O)O)cc4)c4nc(c(-c5ccc(S(=O)(=O)O)cc5)c5ccc2[nH]5)C=C4)C=C3)cc1.[Na+]. The number of benzene rings is 4. The monoisotopic (exact) mass is 956 g/mol. The molecule has 2 aliphatic rings. The summed E-state index contributed by atoms with van der Waals surface area (Å²) in [7, 11) is -18.4. The number of hydrogen-bond donors (Lipinski definition) is 5. The zero-order valence-corrected chi connectivity index (χ0v) is 38.7. The van der Waals surface area contributed by atoms with Gasteiger partial charge in [-0.3, -0.25) is 13.7 Å². The minimum atomic E-state index is -4.80. The number of nitrogens with zero attached hydrogens (tertiary/aromatic N) is 2. The number of H-pyrrole nitrogens is 2. The van der Waals surface area contributed by atoms with Gasteiger partial charge in [-0.1, -0.05) is 48.5 Å². The van der Waals surface area contributed by atoms with Gasteiger partial charge in [0.05, 0.1) is 42.4 Å². The summed E-state index contributed by atoms with van der Waals surface area (Å²) in [6.07, 6.45) is 6.89. The van der Waals surface area contributed by atoms with Gasteiger partial charge in [0.15, 0.2) is 0 Å². The maximum absolute atomic E-state index is 12.0. The van der Waals surface area contributed by atoms with Gasteiger partial charge in [-0.25, -0.2) is 18.4 Å². The first-order valence-electron chi connectivity index (χ1n) is 18.7. The predicted molar refractivity (Wildman–Crippen MR) is 238 cm³/mol. The molecular formula is C44H29N4NaO12S4. The second kappa shape index (κ2) is 16.8. The molecule has 3 aromatic heterocycles. The Hall–Kier alpha value is -5.88. The summed E-state index contributed by atoms with van der Waals surface area (Å²) in [5, 5.41) is 0. The van der Waals surface area contributed by atoms with Crippen LogP contribution in [0.15, 0.2) is 141 Å². The summed E-state index contributed by atoms with van der Waals surface area (Å²) >= 11 is 0. The van der Waals surface area contributed by atoms with E-state index in [4.69, 9.17) is 9.97 Å². The molecule has 5 N–H and O–H groups in total. The Balaban J connectivity index is 0.00000576. The van der Waals surface area contributed by atoms with Crippen molar-refractivity contribution >= 4 is 86.8 Å². The van der Waals surface area contributed by atoms with Gasteiger partial charge < -0.3 is 14.5 Å². The number of aromatic amines is 2. The average Bonchev–Trinajstić information content (AvgIpc) is 4.08. The summed E-state index contributed by atoms with van der Waals surface area (Å²) < 4.78 is 137. The third-order valence-electron chi connectivity index (χ3n) is 10.5. The first kappa shape index (κ1) is 45.7. The minimum Gasteiger partial charge on any atom is -0.744 e. The second-order valence-corrected chi connectivity index (χ2v) is 20.1. The second-order valence-electron chi connectivity index (χ2n) is 14.5. The molecule has 16 nitrogen and oxygen atoms in total. The topological polar surface area (TPSA) is 278 Å². The van der Waals surface area contributed by atoms with Gasteiger partial charge in [0.1, 0.15) is 10.1 Å². The first-order valence-corrected chi connectivity index (χ1v) is 24.4. The third kappa shape index (κ3) is 9.06. The smallest absolute Gasteiger partial charge is 0.744 e. The predicted octanol–water partition coefficient (Wildman–Crippen LogP) is 4.97. The fraction of sp³-hybridized carbons (Fsp3) is 0. The molecule has 2 aliphatic heterocycles. The Bertz CT molecular complexity index is 3300. The standard InChI is InChI=1S/C44H30N4O12S4.Na/c49-61(50,51)29-9-1-25(2-10-29)41-33-17-19-35(45-33)42(26-3-11-30(12-4-26)62(52,53)54)37-21-23-39(47-37)44(28-7-15-32(16-8-28)64(58,59)60)40-24-22-38(48-40)43(36-20-18-34(41)46-36)27-5-13-31(14-6-27)63(55,56)57;/h1-24,45,48H,(H,49,50,51)(H,52,53,54)(H,55,56,57)(H,58,59,60);/q;+1/p-1. The van der Waals surface area contributed by atoms with Crippen molar-refractivity contribution in [3.63, 3.8) is 0 Å². The Morgan fingerprint density at radius 2 is 0.569 bits per heavy atom. The van der Waals surface area contributed by atoms with Crippen LogP contribution in [0.25, 0.3) is 90.9 Å². The molecule has 0 spiro atoms. The Morgan fingerprint density at radius 3 is 0.769 bits per heavy atom. The summed E-state index contributed by atoms with van der Waals surface area (Å²) in [6.45, 7) is 0. The Morgan fingerprint density at radius 1 is 0.354 bits per heavy atom. The average molecular weight is 957 g/mol. The van der Waals surface area contributed by atoms with Crippen molar-refractivity contribution in [1.82, 2.24) is 19.9 Å². The van der Waals surface area contributed by atoms with Crippen LogP contribution in [0, 0.1) is 0 Å². The fourth-order valence-electron chi connectivity index (χ4n) is 7.59. The molecule has 5 heterocycles. The molecule has 0 saturated heterocycles. The number of aromatic nitrogens is 4. The van der Waals surface area contributed by atoms with Gasteiger partial charge >= 0.3 is 29.6 Å². The maximum atomic E-state index is 12.0. The van der Waals surface area contributed by atoms with Gasteiger partial charge in [-0.05, 0) is 119 Å². The molecule has 8 bridgehead atoms. The molecule has 7 aromatic rings. The minimum absolute atomic E-state index is 0. The van der Waals surface area contributed by atoms with Gasteiger partial charge in [-0.2, -0.15) is 25.3 Å². The van der Waals surface area contributed by atoms with Crippen LogP contribution in [0.5, 0.6) is 0 Å². The van der Waals surface area contributed by atoms with Crippen molar-refractivity contribution in [2.75, 3.05) is 0 Å². The number of rotatable bonds is 8. The number of hydrogen-bond acceptors (Lipinski definition) is 11. The largest absolute Gasteiger partial charge is 1.00 e. The van der Waals surface area contributed by atoms with Crippen LogP contribution in [0.3, 0.4) is 0 Å². The third-order valence-corrected chi connectivity index (χ3v) is 14.0. The number of nitrogens with one attached hydrogen (secondary N) is 2. The van der Waals surface area contributed by atoms with E-state index in [1.807, 2.05) is 0 Å². The maximum Gasteiger partial charge on any atom is 1.00 e. The van der Waals surface area contributed by atoms with Crippen molar-refractivity contribution < 1.29 is 81.4 Å². The van der Waals surface area contributed by atoms with E-state index in [0.29, 0.717) is 89.4 Å². The summed E-state index contributed by atoms with van der Waals surface area (Å²) in [5.74, 6) is 0. The zero-order chi connectivity index (χ0) is 45.3. The van der Waals surface area contributed by atoms with Crippen molar-refractivity contribution in [1.29, 1.82) is 0 Å². The van der Waals surface area contributed by atoms with Gasteiger partial charge in [0, 0.05) is 44.3 Å². The molecule has 4 aromatic carbocycles. The quantitative estimate of drug-likeness (QED) is 0.0994. The van der Waals surface area contributed by atoms with E-state index in [0.717, 1.165) is 0 Å². The van der Waals surface area contributed by atoms with Crippen molar-refractivity contribution in [2.24, 2.45) is 0 Å². The molecular weight excluding hydrogens is 928 g/mol. The van der Waals surface area contributed by atoms with E-state index in [1.54, 1.807) is 48.6 Å². The fourth-order valence-corrected chi connectivity index (χ4v) is 9.50. The Labute approximate surface area is 393 Å². The van der Waals surface area contributed by atoms with Crippen LogP contribution < -0.4 is 29.6 Å². The molecule has 9 rings (SSSR count). The molecule has 0 unspecified atom stereocenters. The van der Waals surface area contributed by atoms with Crippen LogP contribution >= 0.6 is 0 Å². The van der Waals surface area contributed by atoms with Crippen molar-refractivity contribution in [2.45, 2.75) is 19.6 Å². The van der Waals surface area contributed by atoms with Crippen molar-refractivity contribution in [3.8, 4) is 44.5 Å².